The molecule has 0 bridgehead atoms. The summed E-state index contributed by atoms with van der Waals surface area (Å²) in [5, 5.41) is 0. The van der Waals surface area contributed by atoms with Crippen molar-refractivity contribution in [1.82, 2.24) is 0 Å². The molecule has 1 unspecified atom stereocenters. The van der Waals surface area contributed by atoms with Gasteiger partial charge >= 0.3 is 0 Å². The first-order chi connectivity index (χ1) is 4.70. The Labute approximate surface area is 65.3 Å². The zero-order chi connectivity index (χ0) is 7.98. The van der Waals surface area contributed by atoms with Crippen molar-refractivity contribution >= 4 is 0 Å². The summed E-state index contributed by atoms with van der Waals surface area (Å²) in [5.41, 5.74) is 1.55. The van der Waals surface area contributed by atoms with Crippen molar-refractivity contribution in [3.8, 4) is 0 Å². The van der Waals surface area contributed by atoms with Crippen molar-refractivity contribution in [3.63, 3.8) is 0 Å². The third kappa shape index (κ3) is 4.60. The lowest BCUT2D eigenvalue weighted by Crippen LogP contribution is -1.87. The van der Waals surface area contributed by atoms with Crippen LogP contribution in [0.1, 0.15) is 47.0 Å². The van der Waals surface area contributed by atoms with Gasteiger partial charge in [-0.2, -0.15) is 0 Å². The van der Waals surface area contributed by atoms with Crippen LogP contribution in [0.25, 0.3) is 0 Å². The Balaban J connectivity index is 3.65. The van der Waals surface area contributed by atoms with Gasteiger partial charge in [-0.05, 0) is 19.3 Å². The number of allylic oxidation sites excluding steroid dienone is 2. The monoisotopic (exact) mass is 140 g/mol. The largest absolute Gasteiger partial charge is 0.0828 e. The summed E-state index contributed by atoms with van der Waals surface area (Å²) in [5.74, 6) is 0.770. The standard InChI is InChI=1S/C10H20/c1-5-7-10(4)8-9(3)6-2/h8-9H,5-7H2,1-4H3. The van der Waals surface area contributed by atoms with Crippen molar-refractivity contribution in [2.45, 2.75) is 47.0 Å². The number of hydrogen-bond acceptors (Lipinski definition) is 0. The molecule has 0 aromatic carbocycles. The van der Waals surface area contributed by atoms with E-state index in [1.807, 2.05) is 0 Å². The Morgan fingerprint density at radius 1 is 1.40 bits per heavy atom. The molecule has 0 aliphatic rings. The van der Waals surface area contributed by atoms with E-state index >= 15 is 0 Å². The molecule has 0 N–H and O–H groups in total. The van der Waals surface area contributed by atoms with Crippen LogP contribution in [0.3, 0.4) is 0 Å². The first kappa shape index (κ1) is 9.74. The SMILES string of the molecule is CCCC(C)=CC(C)CC. The van der Waals surface area contributed by atoms with E-state index in [2.05, 4.69) is 33.8 Å². The van der Waals surface area contributed by atoms with Crippen LogP contribution < -0.4 is 0 Å². The van der Waals surface area contributed by atoms with E-state index in [1.54, 1.807) is 5.57 Å². The zero-order valence-corrected chi connectivity index (χ0v) is 7.78. The summed E-state index contributed by atoms with van der Waals surface area (Å²) in [6.07, 6.45) is 6.20. The van der Waals surface area contributed by atoms with Crippen LogP contribution in [0.4, 0.5) is 0 Å². The molecule has 0 aliphatic carbocycles. The summed E-state index contributed by atoms with van der Waals surface area (Å²) in [7, 11) is 0. The molecule has 1 atom stereocenters. The van der Waals surface area contributed by atoms with Crippen LogP contribution in [0, 0.1) is 5.92 Å². The summed E-state index contributed by atoms with van der Waals surface area (Å²) < 4.78 is 0. The third-order valence-electron chi connectivity index (χ3n) is 1.86. The highest BCUT2D eigenvalue weighted by Gasteiger charge is 1.93. The number of hydrogen-bond donors (Lipinski definition) is 0. The summed E-state index contributed by atoms with van der Waals surface area (Å²) in [6.45, 7) is 8.98. The van der Waals surface area contributed by atoms with Crippen molar-refractivity contribution < 1.29 is 0 Å². The molecule has 0 saturated heterocycles. The van der Waals surface area contributed by atoms with Gasteiger partial charge < -0.3 is 0 Å². The van der Waals surface area contributed by atoms with Gasteiger partial charge in [-0.25, -0.2) is 0 Å². The van der Waals surface area contributed by atoms with E-state index in [4.69, 9.17) is 0 Å². The van der Waals surface area contributed by atoms with Gasteiger partial charge in [0.15, 0.2) is 0 Å². The first-order valence-corrected chi connectivity index (χ1v) is 4.38. The molecule has 0 amide bonds. The maximum Gasteiger partial charge on any atom is -0.0262 e. The van der Waals surface area contributed by atoms with Crippen LogP contribution in [0.15, 0.2) is 11.6 Å². The summed E-state index contributed by atoms with van der Waals surface area (Å²) in [6, 6.07) is 0. The Bertz CT molecular complexity index is 101. The van der Waals surface area contributed by atoms with Crippen molar-refractivity contribution in [1.29, 1.82) is 0 Å². The van der Waals surface area contributed by atoms with Gasteiger partial charge in [0.2, 0.25) is 0 Å². The van der Waals surface area contributed by atoms with Crippen LogP contribution in [0.5, 0.6) is 0 Å². The van der Waals surface area contributed by atoms with Crippen LogP contribution in [-0.2, 0) is 0 Å². The second-order valence-electron chi connectivity index (χ2n) is 3.15. The molecule has 0 spiro atoms. The zero-order valence-electron chi connectivity index (χ0n) is 7.78. The van der Waals surface area contributed by atoms with Crippen molar-refractivity contribution in [2.24, 2.45) is 5.92 Å². The van der Waals surface area contributed by atoms with Crippen LogP contribution in [0.2, 0.25) is 0 Å². The van der Waals surface area contributed by atoms with Crippen LogP contribution >= 0.6 is 0 Å². The Morgan fingerprint density at radius 3 is 2.40 bits per heavy atom. The fourth-order valence-electron chi connectivity index (χ4n) is 1.08. The predicted molar refractivity (Wildman–Crippen MR) is 48.1 cm³/mol. The average molecular weight is 140 g/mol. The Kier molecular flexibility index (Phi) is 5.38. The third-order valence-corrected chi connectivity index (χ3v) is 1.86. The minimum atomic E-state index is 0.770. The topological polar surface area (TPSA) is 0 Å². The van der Waals surface area contributed by atoms with Gasteiger partial charge in [0, 0.05) is 0 Å². The van der Waals surface area contributed by atoms with Gasteiger partial charge in [0.05, 0.1) is 0 Å². The van der Waals surface area contributed by atoms with E-state index in [0.717, 1.165) is 5.92 Å². The summed E-state index contributed by atoms with van der Waals surface area (Å²) in [4.78, 5) is 0. The molecule has 0 radical (unpaired) electrons. The predicted octanol–water partition coefficient (Wildman–Crippen LogP) is 3.78. The average Bonchev–Trinajstić information content (AvgIpc) is 1.88. The second kappa shape index (κ2) is 5.52. The Morgan fingerprint density at radius 2 is 2.00 bits per heavy atom. The fraction of sp³-hybridized carbons (Fsp3) is 0.800. The smallest absolute Gasteiger partial charge is 0.0262 e. The molecule has 0 saturated carbocycles. The maximum absolute atomic E-state index is 2.39. The highest BCUT2D eigenvalue weighted by Crippen LogP contribution is 2.10. The van der Waals surface area contributed by atoms with E-state index in [1.165, 1.54) is 19.3 Å². The first-order valence-electron chi connectivity index (χ1n) is 4.38. The molecule has 0 aromatic rings. The lowest BCUT2D eigenvalue weighted by Gasteiger charge is -2.03. The maximum atomic E-state index is 2.39. The van der Waals surface area contributed by atoms with E-state index in [-0.39, 0.29) is 0 Å². The van der Waals surface area contributed by atoms with Gasteiger partial charge in [0.1, 0.15) is 0 Å². The van der Waals surface area contributed by atoms with Crippen LogP contribution in [-0.4, -0.2) is 0 Å². The van der Waals surface area contributed by atoms with E-state index in [0.29, 0.717) is 0 Å². The molecular weight excluding hydrogens is 120 g/mol. The fourth-order valence-corrected chi connectivity index (χ4v) is 1.08. The second-order valence-corrected chi connectivity index (χ2v) is 3.15. The normalized spacial score (nSPS) is 15.4. The van der Waals surface area contributed by atoms with Gasteiger partial charge in [-0.3, -0.25) is 0 Å². The molecule has 0 aliphatic heterocycles. The van der Waals surface area contributed by atoms with Crippen molar-refractivity contribution in [3.05, 3.63) is 11.6 Å². The minimum absolute atomic E-state index is 0.770. The van der Waals surface area contributed by atoms with Gasteiger partial charge in [0.25, 0.3) is 0 Å². The van der Waals surface area contributed by atoms with Gasteiger partial charge in [-0.1, -0.05) is 45.3 Å². The quantitative estimate of drug-likeness (QED) is 0.521. The lowest BCUT2D eigenvalue weighted by molar-refractivity contribution is 0.686. The molecule has 0 aromatic heterocycles. The molecule has 60 valence electrons. The molecule has 10 heavy (non-hydrogen) atoms. The molecule has 0 heteroatoms. The number of rotatable bonds is 4. The Hall–Kier alpha value is -0.260. The molecule has 0 nitrogen and oxygen atoms in total. The summed E-state index contributed by atoms with van der Waals surface area (Å²) >= 11 is 0. The van der Waals surface area contributed by atoms with Gasteiger partial charge in [-0.15, -0.1) is 0 Å². The molecular formula is C10H20. The van der Waals surface area contributed by atoms with E-state index in [9.17, 15) is 0 Å². The molecule has 0 fully saturated rings. The highest BCUT2D eigenvalue weighted by molar-refractivity contribution is 4.99. The highest BCUT2D eigenvalue weighted by atomic mass is 14.0. The van der Waals surface area contributed by atoms with E-state index < -0.39 is 0 Å². The minimum Gasteiger partial charge on any atom is -0.0828 e. The van der Waals surface area contributed by atoms with Crippen molar-refractivity contribution in [2.75, 3.05) is 0 Å². The molecule has 0 rings (SSSR count). The molecule has 0 heterocycles. The lowest BCUT2D eigenvalue weighted by atomic mass is 10.0.